The number of aromatic amines is 1. The molecule has 4 unspecified atom stereocenters. The number of aromatic nitrogens is 1. The highest BCUT2D eigenvalue weighted by molar-refractivity contribution is 7.80. The number of carboxylic acid groups (broad SMARTS) is 1. The third-order valence-corrected chi connectivity index (χ3v) is 6.26. The van der Waals surface area contributed by atoms with E-state index < -0.39 is 60.2 Å². The first-order valence-corrected chi connectivity index (χ1v) is 12.9. The molecule has 0 aliphatic carbocycles. The molecular formula is C24H35N9O6S. The van der Waals surface area contributed by atoms with Crippen molar-refractivity contribution < 1.29 is 29.1 Å². The Hall–Kier alpha value is -4.31. The van der Waals surface area contributed by atoms with Gasteiger partial charge in [0.05, 0.1) is 12.5 Å². The minimum atomic E-state index is -1.52. The number of carboxylic acids is 1. The third-order valence-electron chi connectivity index (χ3n) is 5.86. The minimum Gasteiger partial charge on any atom is -0.480 e. The first kappa shape index (κ1) is 31.9. The molecule has 0 fully saturated rings. The molecule has 2 rings (SSSR count). The highest BCUT2D eigenvalue weighted by atomic mass is 32.1. The topological polar surface area (TPSA) is 274 Å². The number of amides is 4. The number of primary amides is 1. The molecule has 1 aromatic heterocycles. The average Bonchev–Trinajstić information content (AvgIpc) is 3.31. The van der Waals surface area contributed by atoms with Gasteiger partial charge in [0, 0.05) is 35.8 Å². The van der Waals surface area contributed by atoms with Crippen LogP contribution in [0.25, 0.3) is 10.9 Å². The van der Waals surface area contributed by atoms with Crippen molar-refractivity contribution in [3.05, 3.63) is 36.0 Å². The van der Waals surface area contributed by atoms with Crippen LogP contribution in [0.1, 0.15) is 24.8 Å². The summed E-state index contributed by atoms with van der Waals surface area (Å²) >= 11 is 3.97. The largest absolute Gasteiger partial charge is 0.480 e. The van der Waals surface area contributed by atoms with E-state index in [0.29, 0.717) is 5.56 Å². The summed E-state index contributed by atoms with van der Waals surface area (Å²) in [5.74, 6) is -4.83. The van der Waals surface area contributed by atoms with Crippen LogP contribution in [0.4, 0.5) is 0 Å². The van der Waals surface area contributed by atoms with Gasteiger partial charge in [-0.1, -0.05) is 18.2 Å². The lowest BCUT2D eigenvalue weighted by atomic mass is 10.0. The molecule has 0 saturated carbocycles. The van der Waals surface area contributed by atoms with Crippen LogP contribution in [0.2, 0.25) is 0 Å². The Kier molecular flexibility index (Phi) is 12.2. The van der Waals surface area contributed by atoms with E-state index in [1.807, 2.05) is 12.1 Å². The van der Waals surface area contributed by atoms with E-state index in [1.54, 1.807) is 18.3 Å². The number of para-hydroxylation sites is 1. The quantitative estimate of drug-likeness (QED) is 0.0434. The zero-order chi connectivity index (χ0) is 29.8. The number of nitrogens with two attached hydrogens (primary N) is 4. The SMILES string of the molecule is NC(=O)CC(NC(=O)C(CCCN=C(N)N)NC(=O)C(N)CS)C(=O)NC(Cc1c[nH]c2ccccc12)C(=O)O. The first-order valence-electron chi connectivity index (χ1n) is 12.3. The molecular weight excluding hydrogens is 542 g/mol. The maximum atomic E-state index is 13.1. The van der Waals surface area contributed by atoms with Crippen molar-refractivity contribution in [1.29, 1.82) is 0 Å². The second-order valence-corrected chi connectivity index (χ2v) is 9.36. The Morgan fingerprint density at radius 1 is 0.950 bits per heavy atom. The lowest BCUT2D eigenvalue weighted by Gasteiger charge is -2.24. The van der Waals surface area contributed by atoms with Gasteiger partial charge in [-0.15, -0.1) is 0 Å². The van der Waals surface area contributed by atoms with Crippen LogP contribution in [-0.4, -0.2) is 82.1 Å². The van der Waals surface area contributed by atoms with Crippen molar-refractivity contribution in [3.63, 3.8) is 0 Å². The molecule has 1 heterocycles. The summed E-state index contributed by atoms with van der Waals surface area (Å²) in [7, 11) is 0. The summed E-state index contributed by atoms with van der Waals surface area (Å²) in [5.41, 5.74) is 23.0. The van der Waals surface area contributed by atoms with Gasteiger partial charge in [0.2, 0.25) is 23.6 Å². The Labute approximate surface area is 235 Å². The number of H-pyrrole nitrogens is 1. The molecule has 0 aliphatic heterocycles. The van der Waals surface area contributed by atoms with Gasteiger partial charge in [-0.3, -0.25) is 24.2 Å². The number of carbonyl (C=O) groups excluding carboxylic acids is 4. The normalized spacial score (nSPS) is 13.8. The van der Waals surface area contributed by atoms with Crippen LogP contribution in [0, 0.1) is 0 Å². The summed E-state index contributed by atoms with van der Waals surface area (Å²) in [5, 5.41) is 17.8. The number of aliphatic carboxylic acids is 1. The summed E-state index contributed by atoms with van der Waals surface area (Å²) in [4.78, 5) is 69.1. The van der Waals surface area contributed by atoms with Crippen molar-refractivity contribution in [2.24, 2.45) is 27.9 Å². The van der Waals surface area contributed by atoms with E-state index in [2.05, 4.69) is 38.6 Å². The first-order chi connectivity index (χ1) is 18.9. The van der Waals surface area contributed by atoms with Gasteiger partial charge in [0.1, 0.15) is 18.1 Å². The van der Waals surface area contributed by atoms with Gasteiger partial charge in [0.15, 0.2) is 5.96 Å². The predicted octanol–water partition coefficient (Wildman–Crippen LogP) is -2.56. The fourth-order valence-corrected chi connectivity index (χ4v) is 3.98. The number of thiol groups is 1. The highest BCUT2D eigenvalue weighted by Crippen LogP contribution is 2.19. The highest BCUT2D eigenvalue weighted by Gasteiger charge is 2.31. The van der Waals surface area contributed by atoms with E-state index >= 15 is 0 Å². The van der Waals surface area contributed by atoms with E-state index in [0.717, 1.165) is 10.9 Å². The number of nitrogens with zero attached hydrogens (tertiary/aromatic N) is 1. The van der Waals surface area contributed by atoms with Gasteiger partial charge < -0.3 is 49.0 Å². The molecule has 4 amide bonds. The molecule has 0 aliphatic rings. The number of guanidine groups is 1. The number of rotatable bonds is 16. The molecule has 1 aromatic carbocycles. The smallest absolute Gasteiger partial charge is 0.326 e. The van der Waals surface area contributed by atoms with Crippen LogP contribution in [-0.2, 0) is 30.4 Å². The molecule has 16 heteroatoms. The monoisotopic (exact) mass is 577 g/mol. The summed E-state index contributed by atoms with van der Waals surface area (Å²) in [6, 6.07) is 2.13. The molecule has 218 valence electrons. The molecule has 0 saturated heterocycles. The van der Waals surface area contributed by atoms with Gasteiger partial charge in [0.25, 0.3) is 0 Å². The van der Waals surface area contributed by atoms with Gasteiger partial charge in [-0.2, -0.15) is 12.6 Å². The second kappa shape index (κ2) is 15.3. The van der Waals surface area contributed by atoms with Gasteiger partial charge >= 0.3 is 5.97 Å². The fraction of sp³-hybridized carbons (Fsp3) is 0.417. The lowest BCUT2D eigenvalue weighted by molar-refractivity contribution is -0.142. The zero-order valence-corrected chi connectivity index (χ0v) is 22.5. The number of benzene rings is 1. The van der Waals surface area contributed by atoms with E-state index in [1.165, 1.54) is 0 Å². The molecule has 0 spiro atoms. The Bertz CT molecular complexity index is 1250. The molecule has 4 atom stereocenters. The van der Waals surface area contributed by atoms with Crippen molar-refractivity contribution in [1.82, 2.24) is 20.9 Å². The Morgan fingerprint density at radius 2 is 1.57 bits per heavy atom. The number of nitrogens with one attached hydrogen (secondary N) is 4. The van der Waals surface area contributed by atoms with E-state index in [4.69, 9.17) is 22.9 Å². The number of aliphatic imine (C=N–C) groups is 1. The maximum Gasteiger partial charge on any atom is 0.326 e. The Balaban J connectivity index is 2.19. The van der Waals surface area contributed by atoms with Gasteiger partial charge in [-0.05, 0) is 24.5 Å². The number of fused-ring (bicyclic) bond motifs is 1. The summed E-state index contributed by atoms with van der Waals surface area (Å²) < 4.78 is 0. The average molecular weight is 578 g/mol. The summed E-state index contributed by atoms with van der Waals surface area (Å²) in [6.07, 6.45) is 1.26. The molecule has 0 radical (unpaired) electrons. The molecule has 2 aromatic rings. The number of hydrogen-bond donors (Lipinski definition) is 10. The van der Waals surface area contributed by atoms with Crippen molar-refractivity contribution in [2.75, 3.05) is 12.3 Å². The molecule has 40 heavy (non-hydrogen) atoms. The van der Waals surface area contributed by atoms with E-state index in [9.17, 15) is 29.1 Å². The van der Waals surface area contributed by atoms with Crippen LogP contribution < -0.4 is 38.9 Å². The summed E-state index contributed by atoms with van der Waals surface area (Å²) in [6.45, 7) is 0.153. The van der Waals surface area contributed by atoms with Crippen molar-refractivity contribution in [2.45, 2.75) is 49.9 Å². The minimum absolute atomic E-state index is 0.00782. The van der Waals surface area contributed by atoms with Crippen LogP contribution >= 0.6 is 12.6 Å². The standard InChI is InChI=1S/C24H35N9O6S/c25-14(11-40)20(35)31-16(6-3-7-29-24(27)28)21(36)32-17(9-19(26)34)22(37)33-18(23(38)39)8-12-10-30-15-5-2-1-4-13(12)15/h1-2,4-5,10,14,16-18,30,40H,3,6-9,11,25H2,(H2,26,34)(H,31,35)(H,32,36)(H,33,37)(H,38,39)(H4,27,28,29). The molecule has 15 nitrogen and oxygen atoms in total. The fourth-order valence-electron chi connectivity index (χ4n) is 3.81. The number of carbonyl (C=O) groups is 5. The predicted molar refractivity (Wildman–Crippen MR) is 151 cm³/mol. The lowest BCUT2D eigenvalue weighted by Crippen LogP contribution is -2.58. The maximum absolute atomic E-state index is 13.1. The zero-order valence-electron chi connectivity index (χ0n) is 21.6. The second-order valence-electron chi connectivity index (χ2n) is 8.99. The van der Waals surface area contributed by atoms with Crippen molar-refractivity contribution >= 4 is 59.1 Å². The third kappa shape index (κ3) is 9.77. The van der Waals surface area contributed by atoms with Crippen LogP contribution in [0.3, 0.4) is 0 Å². The molecule has 13 N–H and O–H groups in total. The van der Waals surface area contributed by atoms with Gasteiger partial charge in [-0.25, -0.2) is 4.79 Å². The molecule has 0 bridgehead atoms. The van der Waals surface area contributed by atoms with Crippen LogP contribution in [0.15, 0.2) is 35.5 Å². The number of hydrogen-bond acceptors (Lipinski definition) is 8. The van der Waals surface area contributed by atoms with E-state index in [-0.39, 0.29) is 37.5 Å². The van der Waals surface area contributed by atoms with Crippen molar-refractivity contribution in [3.8, 4) is 0 Å². The van der Waals surface area contributed by atoms with Crippen LogP contribution in [0.5, 0.6) is 0 Å². The Morgan fingerprint density at radius 3 is 2.20 bits per heavy atom.